The van der Waals surface area contributed by atoms with Crippen molar-refractivity contribution in [2.24, 2.45) is 5.92 Å². The molecular weight excluding hydrogens is 316 g/mol. The Morgan fingerprint density at radius 2 is 1.68 bits per heavy atom. The predicted molar refractivity (Wildman–Crippen MR) is 92.6 cm³/mol. The van der Waals surface area contributed by atoms with Gasteiger partial charge in [-0.05, 0) is 42.7 Å². The van der Waals surface area contributed by atoms with E-state index in [4.69, 9.17) is 4.74 Å². The summed E-state index contributed by atoms with van der Waals surface area (Å²) in [6, 6.07) is 5.54. The van der Waals surface area contributed by atoms with Crippen LogP contribution in [0.4, 0.5) is 0 Å². The van der Waals surface area contributed by atoms with Gasteiger partial charge in [-0.15, -0.1) is 0 Å². The lowest BCUT2D eigenvalue weighted by atomic mass is 9.62. The Morgan fingerprint density at radius 1 is 0.960 bits per heavy atom. The Hall–Kier alpha value is -1.81. The van der Waals surface area contributed by atoms with Crippen LogP contribution >= 0.6 is 0 Å². The summed E-state index contributed by atoms with van der Waals surface area (Å²) in [6.45, 7) is 0. The molecule has 2 atom stereocenters. The first-order valence-corrected chi connectivity index (χ1v) is 9.41. The average Bonchev–Trinajstić information content (AvgIpc) is 2.94. The number of carbonyl (C=O) groups is 3. The largest absolute Gasteiger partial charge is 0.373 e. The Kier molecular flexibility index (Phi) is 4.11. The zero-order valence-corrected chi connectivity index (χ0v) is 14.7. The molecular formula is C21H24O4. The Balaban J connectivity index is 1.88. The third-order valence-electron chi connectivity index (χ3n) is 6.58. The monoisotopic (exact) mass is 340 g/mol. The van der Waals surface area contributed by atoms with Gasteiger partial charge in [0.2, 0.25) is 11.6 Å². The number of rotatable bonds is 2. The molecule has 4 rings (SSSR count). The molecule has 4 nitrogen and oxygen atoms in total. The van der Waals surface area contributed by atoms with Crippen molar-refractivity contribution in [1.82, 2.24) is 0 Å². The fraction of sp³-hybridized carbons (Fsp3) is 0.571. The highest BCUT2D eigenvalue weighted by Crippen LogP contribution is 2.53. The minimum absolute atomic E-state index is 0.398. The second-order valence-corrected chi connectivity index (χ2v) is 7.66. The summed E-state index contributed by atoms with van der Waals surface area (Å²) in [5, 5.41) is 0. The number of ketones is 3. The van der Waals surface area contributed by atoms with Crippen molar-refractivity contribution >= 4 is 17.3 Å². The zero-order valence-electron chi connectivity index (χ0n) is 14.7. The molecule has 1 fully saturated rings. The predicted octanol–water partition coefficient (Wildman–Crippen LogP) is 3.71. The molecule has 1 aromatic rings. The number of Topliss-reactive ketones (excluding diaryl/α,β-unsaturated/α-hetero) is 3. The molecule has 0 saturated heterocycles. The van der Waals surface area contributed by atoms with Crippen LogP contribution in [0.15, 0.2) is 18.2 Å². The van der Waals surface area contributed by atoms with E-state index in [0.29, 0.717) is 17.9 Å². The van der Waals surface area contributed by atoms with Crippen LogP contribution in [-0.4, -0.2) is 24.5 Å². The number of benzene rings is 1. The van der Waals surface area contributed by atoms with Gasteiger partial charge in [0.05, 0.1) is 11.5 Å². The van der Waals surface area contributed by atoms with Crippen LogP contribution in [0.2, 0.25) is 0 Å². The van der Waals surface area contributed by atoms with Crippen molar-refractivity contribution in [3.05, 3.63) is 34.9 Å². The lowest BCUT2D eigenvalue weighted by Gasteiger charge is -2.46. The lowest BCUT2D eigenvalue weighted by molar-refractivity contribution is -0.136. The Bertz CT molecular complexity index is 742. The quantitative estimate of drug-likeness (QED) is 0.608. The third-order valence-corrected chi connectivity index (χ3v) is 6.58. The summed E-state index contributed by atoms with van der Waals surface area (Å²) in [7, 11) is 1.75. The Labute approximate surface area is 147 Å². The minimum atomic E-state index is -0.853. The summed E-state index contributed by atoms with van der Waals surface area (Å²) in [4.78, 5) is 36.9. The summed E-state index contributed by atoms with van der Waals surface area (Å²) in [6.07, 6.45) is 8.48. The first kappa shape index (κ1) is 16.6. The average molecular weight is 340 g/mol. The highest BCUT2D eigenvalue weighted by Gasteiger charge is 2.51. The molecule has 0 heterocycles. The van der Waals surface area contributed by atoms with Crippen molar-refractivity contribution < 1.29 is 19.1 Å². The molecule has 2 unspecified atom stereocenters. The van der Waals surface area contributed by atoms with Gasteiger partial charge in [0.15, 0.2) is 0 Å². The van der Waals surface area contributed by atoms with Crippen LogP contribution in [0.5, 0.6) is 0 Å². The molecule has 4 heteroatoms. The van der Waals surface area contributed by atoms with Crippen LogP contribution in [0.25, 0.3) is 0 Å². The normalized spacial score (nSPS) is 30.1. The Morgan fingerprint density at radius 3 is 2.36 bits per heavy atom. The van der Waals surface area contributed by atoms with E-state index in [-0.39, 0.29) is 0 Å². The van der Waals surface area contributed by atoms with E-state index < -0.39 is 28.9 Å². The van der Waals surface area contributed by atoms with E-state index in [1.807, 2.05) is 12.1 Å². The van der Waals surface area contributed by atoms with Crippen LogP contribution < -0.4 is 0 Å². The maximum absolute atomic E-state index is 12.4. The van der Waals surface area contributed by atoms with Gasteiger partial charge < -0.3 is 4.74 Å². The molecule has 0 bridgehead atoms. The molecule has 3 aliphatic rings. The van der Waals surface area contributed by atoms with Gasteiger partial charge in [-0.1, -0.05) is 43.9 Å². The van der Waals surface area contributed by atoms with Gasteiger partial charge in [-0.3, -0.25) is 14.4 Å². The molecule has 0 spiro atoms. The second-order valence-electron chi connectivity index (χ2n) is 7.66. The first-order chi connectivity index (χ1) is 12.1. The van der Waals surface area contributed by atoms with E-state index >= 15 is 0 Å². The van der Waals surface area contributed by atoms with Crippen molar-refractivity contribution in [2.45, 2.75) is 62.9 Å². The topological polar surface area (TPSA) is 60.4 Å². The molecule has 25 heavy (non-hydrogen) atoms. The van der Waals surface area contributed by atoms with Gasteiger partial charge in [0, 0.05) is 12.7 Å². The van der Waals surface area contributed by atoms with Gasteiger partial charge in [-0.25, -0.2) is 0 Å². The molecule has 1 saturated carbocycles. The number of methoxy groups -OCH3 is 1. The zero-order chi connectivity index (χ0) is 17.6. The standard InChI is InChI=1S/C21H24O4/c1-25-21(13-7-4-2-3-5-8-13)12-11-15-17-14(9-6-10-16(17)21)18(22)20(24)19(15)23/h6,9-10,13,15H,2-5,7-8,11-12H2,1H3. The fourth-order valence-electron chi connectivity index (χ4n) is 5.35. The smallest absolute Gasteiger partial charge is 0.269 e. The van der Waals surface area contributed by atoms with Crippen molar-refractivity contribution in [2.75, 3.05) is 7.11 Å². The van der Waals surface area contributed by atoms with Gasteiger partial charge in [0.25, 0.3) is 5.78 Å². The number of hydrogen-bond acceptors (Lipinski definition) is 4. The van der Waals surface area contributed by atoms with Crippen LogP contribution in [0, 0.1) is 5.92 Å². The number of carbonyl (C=O) groups excluding carboxylic acids is 3. The third kappa shape index (κ3) is 2.34. The van der Waals surface area contributed by atoms with E-state index in [1.165, 1.54) is 25.7 Å². The van der Waals surface area contributed by atoms with Gasteiger partial charge >= 0.3 is 0 Å². The SMILES string of the molecule is COC1(C2CCCCCC2)CCC2C(=O)C(=O)C(=O)c3cccc1c32. The lowest BCUT2D eigenvalue weighted by Crippen LogP contribution is -2.46. The number of ether oxygens (including phenoxy) is 1. The molecule has 0 aromatic heterocycles. The maximum Gasteiger partial charge on any atom is 0.269 e. The molecule has 0 amide bonds. The summed E-state index contributed by atoms with van der Waals surface area (Å²) in [5.41, 5.74) is 1.73. The summed E-state index contributed by atoms with van der Waals surface area (Å²) in [5.74, 6) is -2.10. The van der Waals surface area contributed by atoms with Gasteiger partial charge in [-0.2, -0.15) is 0 Å². The van der Waals surface area contributed by atoms with E-state index in [2.05, 4.69) is 0 Å². The van der Waals surface area contributed by atoms with Crippen LogP contribution in [-0.2, 0) is 19.9 Å². The number of hydrogen-bond donors (Lipinski definition) is 0. The molecule has 0 aliphatic heterocycles. The minimum Gasteiger partial charge on any atom is -0.373 e. The molecule has 0 N–H and O–H groups in total. The summed E-state index contributed by atoms with van der Waals surface area (Å²) < 4.78 is 6.16. The maximum atomic E-state index is 12.4. The van der Waals surface area contributed by atoms with E-state index in [1.54, 1.807) is 13.2 Å². The van der Waals surface area contributed by atoms with Crippen molar-refractivity contribution in [3.8, 4) is 0 Å². The van der Waals surface area contributed by atoms with E-state index in [9.17, 15) is 14.4 Å². The first-order valence-electron chi connectivity index (χ1n) is 9.41. The van der Waals surface area contributed by atoms with Crippen LogP contribution in [0.1, 0.15) is 78.8 Å². The summed E-state index contributed by atoms with van der Waals surface area (Å²) >= 11 is 0. The fourth-order valence-corrected chi connectivity index (χ4v) is 5.35. The van der Waals surface area contributed by atoms with E-state index in [0.717, 1.165) is 30.4 Å². The van der Waals surface area contributed by atoms with Crippen molar-refractivity contribution in [1.29, 1.82) is 0 Å². The highest BCUT2D eigenvalue weighted by atomic mass is 16.5. The molecule has 3 aliphatic carbocycles. The van der Waals surface area contributed by atoms with Gasteiger partial charge in [0.1, 0.15) is 0 Å². The molecule has 1 aromatic carbocycles. The van der Waals surface area contributed by atoms with Crippen LogP contribution in [0.3, 0.4) is 0 Å². The highest BCUT2D eigenvalue weighted by molar-refractivity contribution is 6.69. The van der Waals surface area contributed by atoms with Crippen molar-refractivity contribution in [3.63, 3.8) is 0 Å². The molecule has 132 valence electrons. The second kappa shape index (κ2) is 6.17. The molecule has 0 radical (unpaired) electrons.